The summed E-state index contributed by atoms with van der Waals surface area (Å²) < 4.78 is 0. The molecule has 2 nitrogen and oxygen atoms in total. The summed E-state index contributed by atoms with van der Waals surface area (Å²) in [5.41, 5.74) is 1.51. The van der Waals surface area contributed by atoms with Crippen molar-refractivity contribution in [3.8, 4) is 0 Å². The number of allylic oxidation sites excluding steroid dienone is 3. The predicted molar refractivity (Wildman–Crippen MR) is 57.1 cm³/mol. The van der Waals surface area contributed by atoms with E-state index in [0.717, 1.165) is 13.0 Å². The average molecular weight is 178 g/mol. The van der Waals surface area contributed by atoms with Crippen molar-refractivity contribution in [1.29, 1.82) is 5.41 Å². The topological polar surface area (TPSA) is 27.1 Å². The molecule has 0 saturated carbocycles. The van der Waals surface area contributed by atoms with Gasteiger partial charge in [-0.2, -0.15) is 0 Å². The summed E-state index contributed by atoms with van der Waals surface area (Å²) in [7, 11) is 1.97. The van der Waals surface area contributed by atoms with Gasteiger partial charge >= 0.3 is 0 Å². The van der Waals surface area contributed by atoms with Gasteiger partial charge in [-0.05, 0) is 26.2 Å². The molecule has 0 unspecified atom stereocenters. The van der Waals surface area contributed by atoms with Crippen LogP contribution in [0.2, 0.25) is 0 Å². The Kier molecular flexibility index (Phi) is 3.74. The Labute approximate surface area is 80.4 Å². The summed E-state index contributed by atoms with van der Waals surface area (Å²) in [6, 6.07) is 0. The molecule has 1 aliphatic rings. The highest BCUT2D eigenvalue weighted by Gasteiger charge is 2.02. The standard InChI is InChI=1S/C11H18N2/c1-10(12)13(2)9-8-11-6-4-3-5-7-11/h3-4,6,12H,5,7-9H2,1-2H3. The molecule has 1 aliphatic carbocycles. The second-order valence-corrected chi connectivity index (χ2v) is 3.55. The third-order valence-electron chi connectivity index (χ3n) is 2.44. The van der Waals surface area contributed by atoms with Gasteiger partial charge in [0.1, 0.15) is 0 Å². The van der Waals surface area contributed by atoms with E-state index in [1.807, 2.05) is 18.9 Å². The number of amidine groups is 1. The Morgan fingerprint density at radius 1 is 1.62 bits per heavy atom. The van der Waals surface area contributed by atoms with Gasteiger partial charge in [0.25, 0.3) is 0 Å². The number of rotatable bonds is 3. The largest absolute Gasteiger partial charge is 0.364 e. The number of hydrogen-bond acceptors (Lipinski definition) is 1. The Morgan fingerprint density at radius 3 is 2.92 bits per heavy atom. The van der Waals surface area contributed by atoms with E-state index in [9.17, 15) is 0 Å². The van der Waals surface area contributed by atoms with Crippen molar-refractivity contribution >= 4 is 5.84 Å². The number of nitrogens with one attached hydrogen (secondary N) is 1. The molecule has 0 heterocycles. The van der Waals surface area contributed by atoms with Crippen molar-refractivity contribution in [2.45, 2.75) is 26.2 Å². The van der Waals surface area contributed by atoms with E-state index in [2.05, 4.69) is 18.2 Å². The van der Waals surface area contributed by atoms with Crippen LogP contribution in [0, 0.1) is 5.41 Å². The lowest BCUT2D eigenvalue weighted by Crippen LogP contribution is -2.24. The van der Waals surface area contributed by atoms with Crippen molar-refractivity contribution < 1.29 is 0 Å². The molecule has 0 atom stereocenters. The predicted octanol–water partition coefficient (Wildman–Crippen LogP) is 2.58. The molecule has 13 heavy (non-hydrogen) atoms. The van der Waals surface area contributed by atoms with Crippen molar-refractivity contribution in [2.24, 2.45) is 0 Å². The minimum absolute atomic E-state index is 0.645. The summed E-state index contributed by atoms with van der Waals surface area (Å²) in [5.74, 6) is 0.645. The van der Waals surface area contributed by atoms with Crippen LogP contribution >= 0.6 is 0 Å². The molecule has 1 rings (SSSR count). The van der Waals surface area contributed by atoms with E-state index in [4.69, 9.17) is 5.41 Å². The van der Waals surface area contributed by atoms with Gasteiger partial charge in [0.2, 0.25) is 0 Å². The molecule has 0 radical (unpaired) electrons. The van der Waals surface area contributed by atoms with Gasteiger partial charge in [-0.1, -0.05) is 23.8 Å². The highest BCUT2D eigenvalue weighted by Crippen LogP contribution is 2.15. The van der Waals surface area contributed by atoms with Crippen molar-refractivity contribution in [2.75, 3.05) is 13.6 Å². The zero-order valence-electron chi connectivity index (χ0n) is 8.51. The van der Waals surface area contributed by atoms with E-state index in [1.54, 1.807) is 0 Å². The number of nitrogens with zero attached hydrogens (tertiary/aromatic N) is 1. The smallest absolute Gasteiger partial charge is 0.0923 e. The third-order valence-corrected chi connectivity index (χ3v) is 2.44. The first-order valence-corrected chi connectivity index (χ1v) is 4.81. The third kappa shape index (κ3) is 3.45. The van der Waals surface area contributed by atoms with E-state index < -0.39 is 0 Å². The van der Waals surface area contributed by atoms with Gasteiger partial charge in [0.15, 0.2) is 0 Å². The Bertz CT molecular complexity index is 238. The van der Waals surface area contributed by atoms with Crippen LogP contribution in [0.5, 0.6) is 0 Å². The van der Waals surface area contributed by atoms with Gasteiger partial charge < -0.3 is 4.90 Å². The summed E-state index contributed by atoms with van der Waals surface area (Å²) in [4.78, 5) is 1.99. The van der Waals surface area contributed by atoms with Crippen LogP contribution in [0.25, 0.3) is 0 Å². The Morgan fingerprint density at radius 2 is 2.38 bits per heavy atom. The lowest BCUT2D eigenvalue weighted by atomic mass is 10.0. The van der Waals surface area contributed by atoms with Crippen LogP contribution < -0.4 is 0 Å². The van der Waals surface area contributed by atoms with Gasteiger partial charge in [-0.3, -0.25) is 5.41 Å². The maximum absolute atomic E-state index is 7.41. The molecular weight excluding hydrogens is 160 g/mol. The molecule has 0 aromatic rings. The van der Waals surface area contributed by atoms with Gasteiger partial charge in [-0.25, -0.2) is 0 Å². The zero-order chi connectivity index (χ0) is 9.68. The van der Waals surface area contributed by atoms with Crippen LogP contribution in [0.15, 0.2) is 23.8 Å². The maximum Gasteiger partial charge on any atom is 0.0923 e. The SMILES string of the molecule is CC(=N)N(C)CCC1=CC=CCC1. The van der Waals surface area contributed by atoms with Gasteiger partial charge in [0, 0.05) is 13.6 Å². The average Bonchev–Trinajstić information content (AvgIpc) is 2.15. The molecule has 0 aromatic carbocycles. The summed E-state index contributed by atoms with van der Waals surface area (Å²) in [6.07, 6.45) is 10.0. The van der Waals surface area contributed by atoms with Crippen LogP contribution in [0.1, 0.15) is 26.2 Å². The molecule has 0 aliphatic heterocycles. The molecule has 0 saturated heterocycles. The quantitative estimate of drug-likeness (QED) is 0.522. The van der Waals surface area contributed by atoms with Gasteiger partial charge in [-0.15, -0.1) is 0 Å². The monoisotopic (exact) mass is 178 g/mol. The van der Waals surface area contributed by atoms with Crippen LogP contribution in [-0.4, -0.2) is 24.3 Å². The Balaban J connectivity index is 2.29. The molecular formula is C11H18N2. The first-order chi connectivity index (χ1) is 6.20. The molecule has 72 valence electrons. The van der Waals surface area contributed by atoms with E-state index in [0.29, 0.717) is 5.84 Å². The lowest BCUT2D eigenvalue weighted by Gasteiger charge is -2.18. The minimum atomic E-state index is 0.645. The van der Waals surface area contributed by atoms with E-state index in [-0.39, 0.29) is 0 Å². The molecule has 2 heteroatoms. The zero-order valence-corrected chi connectivity index (χ0v) is 8.51. The second-order valence-electron chi connectivity index (χ2n) is 3.55. The normalized spacial score (nSPS) is 15.4. The van der Waals surface area contributed by atoms with Crippen molar-refractivity contribution in [3.63, 3.8) is 0 Å². The van der Waals surface area contributed by atoms with Crippen molar-refractivity contribution in [1.82, 2.24) is 4.90 Å². The van der Waals surface area contributed by atoms with Gasteiger partial charge in [0.05, 0.1) is 5.84 Å². The fraction of sp³-hybridized carbons (Fsp3) is 0.545. The fourth-order valence-corrected chi connectivity index (χ4v) is 1.34. The first-order valence-electron chi connectivity index (χ1n) is 4.81. The highest BCUT2D eigenvalue weighted by atomic mass is 15.1. The van der Waals surface area contributed by atoms with Crippen LogP contribution in [0.4, 0.5) is 0 Å². The molecule has 0 amide bonds. The molecule has 0 spiro atoms. The molecule has 0 bridgehead atoms. The van der Waals surface area contributed by atoms with Crippen LogP contribution in [-0.2, 0) is 0 Å². The highest BCUT2D eigenvalue weighted by molar-refractivity contribution is 5.75. The number of hydrogen-bond donors (Lipinski definition) is 1. The van der Waals surface area contributed by atoms with Crippen molar-refractivity contribution in [3.05, 3.63) is 23.8 Å². The fourth-order valence-electron chi connectivity index (χ4n) is 1.34. The van der Waals surface area contributed by atoms with Crippen LogP contribution in [0.3, 0.4) is 0 Å². The van der Waals surface area contributed by atoms with E-state index >= 15 is 0 Å². The molecule has 0 fully saturated rings. The maximum atomic E-state index is 7.41. The lowest BCUT2D eigenvalue weighted by molar-refractivity contribution is 0.497. The van der Waals surface area contributed by atoms with E-state index in [1.165, 1.54) is 18.4 Å². The second kappa shape index (κ2) is 4.85. The Hall–Kier alpha value is -1.05. The summed E-state index contributed by atoms with van der Waals surface area (Å²) in [5, 5.41) is 7.41. The first kappa shape index (κ1) is 10.0. The molecule has 0 aromatic heterocycles. The summed E-state index contributed by atoms with van der Waals surface area (Å²) in [6.45, 7) is 2.80. The summed E-state index contributed by atoms with van der Waals surface area (Å²) >= 11 is 0. The minimum Gasteiger partial charge on any atom is -0.364 e. The molecule has 1 N–H and O–H groups in total.